The highest BCUT2D eigenvalue weighted by molar-refractivity contribution is 5.43. The summed E-state index contributed by atoms with van der Waals surface area (Å²) in [5, 5.41) is 19.2. The first-order valence-corrected chi connectivity index (χ1v) is 9.80. The quantitative estimate of drug-likeness (QED) is 0.672. The summed E-state index contributed by atoms with van der Waals surface area (Å²) in [7, 11) is 1.63. The average Bonchev–Trinajstić information content (AvgIpc) is 2.68. The lowest BCUT2D eigenvalue weighted by Crippen LogP contribution is -2.04. The van der Waals surface area contributed by atoms with Crippen LogP contribution in [-0.2, 0) is 6.42 Å². The van der Waals surface area contributed by atoms with Crippen molar-refractivity contribution in [1.82, 2.24) is 0 Å². The van der Waals surface area contributed by atoms with Gasteiger partial charge in [-0.25, -0.2) is 0 Å². The highest BCUT2D eigenvalue weighted by atomic mass is 16.5. The van der Waals surface area contributed by atoms with Crippen LogP contribution in [0.25, 0.3) is 0 Å². The van der Waals surface area contributed by atoms with Crippen molar-refractivity contribution in [2.75, 3.05) is 7.11 Å². The summed E-state index contributed by atoms with van der Waals surface area (Å²) in [5.41, 5.74) is 2.08. The van der Waals surface area contributed by atoms with Crippen LogP contribution in [0.5, 0.6) is 17.2 Å². The average molecular weight is 357 g/mol. The maximum atomic E-state index is 9.66. The monoisotopic (exact) mass is 356 g/mol. The molecule has 1 aliphatic carbocycles. The Kier molecular flexibility index (Phi) is 8.33. The van der Waals surface area contributed by atoms with Gasteiger partial charge < -0.3 is 14.9 Å². The van der Waals surface area contributed by atoms with Gasteiger partial charge in [0.15, 0.2) is 0 Å². The van der Waals surface area contributed by atoms with Gasteiger partial charge in [-0.05, 0) is 55.4 Å². The number of phenolic OH excluding ortho intramolecular Hbond substituents is 2. The van der Waals surface area contributed by atoms with Gasteiger partial charge in [0.1, 0.15) is 17.2 Å². The summed E-state index contributed by atoms with van der Waals surface area (Å²) >= 11 is 0. The number of aromatic hydroxyl groups is 2. The molecule has 1 aliphatic rings. The van der Waals surface area contributed by atoms with Crippen LogP contribution in [0.2, 0.25) is 0 Å². The molecule has 0 aromatic heterocycles. The van der Waals surface area contributed by atoms with Crippen molar-refractivity contribution in [3.8, 4) is 17.2 Å². The topological polar surface area (TPSA) is 49.7 Å². The molecule has 2 aromatic rings. The Balaban J connectivity index is 0.000000187. The lowest BCUT2D eigenvalue weighted by atomic mass is 9.84. The number of hydrogen-bond donors (Lipinski definition) is 2. The largest absolute Gasteiger partial charge is 0.508 e. The molecule has 1 saturated carbocycles. The Hall–Kier alpha value is -2.16. The van der Waals surface area contributed by atoms with E-state index in [4.69, 9.17) is 4.74 Å². The molecule has 26 heavy (non-hydrogen) atoms. The third kappa shape index (κ3) is 5.69. The lowest BCUT2D eigenvalue weighted by Gasteiger charge is -2.22. The summed E-state index contributed by atoms with van der Waals surface area (Å²) in [5.74, 6) is 2.21. The van der Waals surface area contributed by atoms with Gasteiger partial charge in [-0.1, -0.05) is 56.9 Å². The molecule has 0 amide bonds. The molecule has 0 atom stereocenters. The Labute approximate surface area is 157 Å². The minimum absolute atomic E-state index is 0.341. The molecule has 0 unspecified atom stereocenters. The van der Waals surface area contributed by atoms with E-state index in [1.54, 1.807) is 25.3 Å². The highest BCUT2D eigenvalue weighted by Crippen LogP contribution is 2.36. The van der Waals surface area contributed by atoms with Crippen molar-refractivity contribution < 1.29 is 14.9 Å². The van der Waals surface area contributed by atoms with Gasteiger partial charge in [-0.2, -0.15) is 0 Å². The predicted octanol–water partition coefficient (Wildman–Crippen LogP) is 6.18. The van der Waals surface area contributed by atoms with Crippen molar-refractivity contribution >= 4 is 0 Å². The molecule has 142 valence electrons. The third-order valence-electron chi connectivity index (χ3n) is 5.09. The Morgan fingerprint density at radius 1 is 0.923 bits per heavy atom. The first-order valence-electron chi connectivity index (χ1n) is 9.80. The molecule has 0 aliphatic heterocycles. The van der Waals surface area contributed by atoms with Gasteiger partial charge >= 0.3 is 0 Å². The number of methoxy groups -OCH3 is 1. The smallest absolute Gasteiger partial charge is 0.125 e. The minimum atomic E-state index is 0.341. The van der Waals surface area contributed by atoms with Gasteiger partial charge in [-0.15, -0.1) is 0 Å². The van der Waals surface area contributed by atoms with Crippen LogP contribution in [0.1, 0.15) is 68.9 Å². The van der Waals surface area contributed by atoms with Crippen LogP contribution in [0.3, 0.4) is 0 Å². The first kappa shape index (κ1) is 20.2. The van der Waals surface area contributed by atoms with E-state index in [0.717, 1.165) is 36.1 Å². The molecule has 0 spiro atoms. The zero-order valence-corrected chi connectivity index (χ0v) is 16.1. The van der Waals surface area contributed by atoms with Crippen LogP contribution in [0, 0.1) is 0 Å². The van der Waals surface area contributed by atoms with E-state index >= 15 is 0 Å². The normalized spacial score (nSPS) is 14.4. The zero-order chi connectivity index (χ0) is 18.8. The molecule has 0 heterocycles. The molecule has 3 nitrogen and oxygen atoms in total. The van der Waals surface area contributed by atoms with Crippen LogP contribution in [-0.4, -0.2) is 17.3 Å². The van der Waals surface area contributed by atoms with Crippen molar-refractivity contribution in [1.29, 1.82) is 0 Å². The fourth-order valence-corrected chi connectivity index (χ4v) is 3.60. The first-order chi connectivity index (χ1) is 12.7. The number of unbranched alkanes of at least 4 members (excludes halogenated alkanes) is 1. The number of ether oxygens (including phenoxy) is 1. The van der Waals surface area contributed by atoms with Crippen molar-refractivity contribution in [2.24, 2.45) is 0 Å². The maximum Gasteiger partial charge on any atom is 0.125 e. The summed E-state index contributed by atoms with van der Waals surface area (Å²) in [4.78, 5) is 0. The molecule has 3 rings (SSSR count). The Morgan fingerprint density at radius 2 is 1.62 bits per heavy atom. The molecule has 0 radical (unpaired) electrons. The van der Waals surface area contributed by atoms with Gasteiger partial charge in [0.25, 0.3) is 0 Å². The minimum Gasteiger partial charge on any atom is -0.508 e. The van der Waals surface area contributed by atoms with E-state index in [2.05, 4.69) is 13.0 Å². The summed E-state index contributed by atoms with van der Waals surface area (Å²) in [6, 6.07) is 13.1. The predicted molar refractivity (Wildman–Crippen MR) is 107 cm³/mol. The second-order valence-corrected chi connectivity index (χ2v) is 6.96. The van der Waals surface area contributed by atoms with E-state index in [1.165, 1.54) is 32.1 Å². The van der Waals surface area contributed by atoms with Crippen molar-refractivity contribution in [2.45, 2.75) is 64.2 Å². The van der Waals surface area contributed by atoms with Gasteiger partial charge in [-0.3, -0.25) is 0 Å². The Morgan fingerprint density at radius 3 is 2.27 bits per heavy atom. The molecule has 2 aromatic carbocycles. The van der Waals surface area contributed by atoms with Gasteiger partial charge in [0, 0.05) is 5.56 Å². The summed E-state index contributed by atoms with van der Waals surface area (Å²) in [6.07, 6.45) is 9.58. The summed E-state index contributed by atoms with van der Waals surface area (Å²) in [6.45, 7) is 2.13. The lowest BCUT2D eigenvalue weighted by molar-refractivity contribution is 0.398. The number of rotatable bonds is 5. The molecule has 0 saturated heterocycles. The van der Waals surface area contributed by atoms with Crippen molar-refractivity contribution in [3.63, 3.8) is 0 Å². The summed E-state index contributed by atoms with van der Waals surface area (Å²) < 4.78 is 5.16. The van der Waals surface area contributed by atoms with E-state index in [1.807, 2.05) is 18.2 Å². The second kappa shape index (κ2) is 10.7. The highest BCUT2D eigenvalue weighted by Gasteiger charge is 2.17. The van der Waals surface area contributed by atoms with Crippen molar-refractivity contribution in [3.05, 3.63) is 53.6 Å². The van der Waals surface area contributed by atoms with E-state index in [-0.39, 0.29) is 0 Å². The third-order valence-corrected chi connectivity index (χ3v) is 5.09. The molecular formula is C23H32O3. The Bertz CT molecular complexity index is 660. The van der Waals surface area contributed by atoms with Crippen LogP contribution in [0.15, 0.2) is 42.5 Å². The van der Waals surface area contributed by atoms with Crippen LogP contribution < -0.4 is 4.74 Å². The molecule has 2 N–H and O–H groups in total. The number of benzene rings is 2. The van der Waals surface area contributed by atoms with E-state index in [9.17, 15) is 10.2 Å². The molecule has 1 fully saturated rings. The maximum absolute atomic E-state index is 9.66. The number of phenols is 2. The fourth-order valence-electron chi connectivity index (χ4n) is 3.60. The second-order valence-electron chi connectivity index (χ2n) is 6.96. The number of para-hydroxylation sites is 1. The fraction of sp³-hybridized carbons (Fsp3) is 0.478. The van der Waals surface area contributed by atoms with Crippen LogP contribution in [0.4, 0.5) is 0 Å². The standard InChI is InChI=1S/C12H16O.C11H16O2/c13-12-9-5-4-8-11(12)10-6-2-1-3-7-10;1-3-4-6-9-10(12)7-5-8-11(9)13-2/h4-5,8-10,13H,1-3,6-7H2;5,7-8,12H,3-4,6H2,1-2H3. The van der Waals surface area contributed by atoms with Gasteiger partial charge in [0.2, 0.25) is 0 Å². The molecular weight excluding hydrogens is 324 g/mol. The molecule has 0 bridgehead atoms. The SMILES string of the molecule is CCCCc1c(O)cccc1OC.Oc1ccccc1C1CCCCC1. The molecule has 3 heteroatoms. The van der Waals surface area contributed by atoms with E-state index in [0.29, 0.717) is 17.4 Å². The number of hydrogen-bond acceptors (Lipinski definition) is 3. The van der Waals surface area contributed by atoms with Crippen LogP contribution >= 0.6 is 0 Å². The van der Waals surface area contributed by atoms with E-state index < -0.39 is 0 Å². The van der Waals surface area contributed by atoms with Gasteiger partial charge in [0.05, 0.1) is 7.11 Å². The zero-order valence-electron chi connectivity index (χ0n) is 16.1.